The van der Waals surface area contributed by atoms with Gasteiger partial charge in [0, 0.05) is 19.2 Å². The Labute approximate surface area is 192 Å². The Hall–Kier alpha value is -2.97. The van der Waals surface area contributed by atoms with E-state index in [1.54, 1.807) is 12.1 Å². The van der Waals surface area contributed by atoms with Gasteiger partial charge in [0.25, 0.3) is 5.91 Å². The van der Waals surface area contributed by atoms with E-state index < -0.39 is 0 Å². The van der Waals surface area contributed by atoms with E-state index in [4.69, 9.17) is 16.3 Å². The van der Waals surface area contributed by atoms with E-state index in [0.29, 0.717) is 28.6 Å². The average Bonchev–Trinajstić information content (AvgIpc) is 3.34. The van der Waals surface area contributed by atoms with Gasteiger partial charge in [-0.1, -0.05) is 42.8 Å². The van der Waals surface area contributed by atoms with Crippen LogP contribution in [0.5, 0.6) is 5.75 Å². The number of hydrogen-bond acceptors (Lipinski definition) is 6. The Balaban J connectivity index is 1.37. The number of nitrogens with zero attached hydrogens (tertiary/aromatic N) is 5. The summed E-state index contributed by atoms with van der Waals surface area (Å²) < 4.78 is 6.82. The third-order valence-electron chi connectivity index (χ3n) is 5.87. The molecule has 1 fully saturated rings. The van der Waals surface area contributed by atoms with Gasteiger partial charge in [0.15, 0.2) is 0 Å². The summed E-state index contributed by atoms with van der Waals surface area (Å²) in [5.74, 6) is 0.962. The minimum absolute atomic E-state index is 0.265. The van der Waals surface area contributed by atoms with Crippen molar-refractivity contribution >= 4 is 17.5 Å². The number of hydrogen-bond donors (Lipinski definition) is 1. The number of halogens is 1. The summed E-state index contributed by atoms with van der Waals surface area (Å²) in [6.07, 6.45) is 3.97. The maximum atomic E-state index is 12.8. The Morgan fingerprint density at radius 2 is 1.91 bits per heavy atom. The molecule has 0 bridgehead atoms. The molecule has 9 heteroatoms. The Morgan fingerprint density at radius 1 is 1.19 bits per heavy atom. The predicted molar refractivity (Wildman–Crippen MR) is 122 cm³/mol. The molecule has 3 aromatic rings. The normalized spacial score (nSPS) is 15.0. The number of benzene rings is 2. The molecule has 0 radical (unpaired) electrons. The Morgan fingerprint density at radius 3 is 2.56 bits per heavy atom. The molecule has 1 aliphatic heterocycles. The van der Waals surface area contributed by atoms with Gasteiger partial charge in [0.1, 0.15) is 12.1 Å². The smallest absolute Gasteiger partial charge is 0.255 e. The minimum Gasteiger partial charge on any atom is -0.496 e. The number of carbonyl (C=O) groups excluding carboxylic acids is 1. The van der Waals surface area contributed by atoms with Gasteiger partial charge in [-0.2, -0.15) is 4.68 Å². The van der Waals surface area contributed by atoms with Gasteiger partial charge in [0.05, 0.1) is 23.4 Å². The summed E-state index contributed by atoms with van der Waals surface area (Å²) in [5, 5.41) is 14.3. The molecule has 1 aliphatic rings. The van der Waals surface area contributed by atoms with Crippen LogP contribution in [0.15, 0.2) is 42.7 Å². The number of amides is 1. The van der Waals surface area contributed by atoms with Crippen molar-refractivity contribution in [2.45, 2.75) is 32.9 Å². The highest BCUT2D eigenvalue weighted by atomic mass is 35.5. The summed E-state index contributed by atoms with van der Waals surface area (Å²) in [7, 11) is 1.51. The maximum absolute atomic E-state index is 12.8. The molecule has 1 aromatic heterocycles. The van der Waals surface area contributed by atoms with Crippen LogP contribution in [0.1, 0.15) is 41.3 Å². The van der Waals surface area contributed by atoms with E-state index >= 15 is 0 Å². The van der Waals surface area contributed by atoms with Crippen molar-refractivity contribution in [2.24, 2.45) is 5.92 Å². The fourth-order valence-electron chi connectivity index (χ4n) is 3.85. The number of likely N-dealkylation sites (tertiary alicyclic amines) is 1. The zero-order chi connectivity index (χ0) is 22.5. The molecule has 4 rings (SSSR count). The zero-order valence-electron chi connectivity index (χ0n) is 18.3. The van der Waals surface area contributed by atoms with Gasteiger partial charge < -0.3 is 10.1 Å². The highest BCUT2D eigenvalue weighted by molar-refractivity contribution is 6.33. The van der Waals surface area contributed by atoms with Gasteiger partial charge in [-0.15, -0.1) is 5.10 Å². The predicted octanol–water partition coefficient (Wildman–Crippen LogP) is 3.49. The molecule has 1 amide bonds. The van der Waals surface area contributed by atoms with Crippen LogP contribution in [0.25, 0.3) is 5.69 Å². The molecule has 0 unspecified atom stereocenters. The lowest BCUT2D eigenvalue weighted by molar-refractivity contribution is 0.0948. The fourth-order valence-corrected chi connectivity index (χ4v) is 4.10. The van der Waals surface area contributed by atoms with Crippen molar-refractivity contribution in [3.05, 3.63) is 64.4 Å². The van der Waals surface area contributed by atoms with E-state index in [1.165, 1.54) is 36.5 Å². The van der Waals surface area contributed by atoms with Gasteiger partial charge in [-0.3, -0.25) is 9.69 Å². The largest absolute Gasteiger partial charge is 0.496 e. The van der Waals surface area contributed by atoms with Crippen LogP contribution in [-0.4, -0.2) is 51.2 Å². The van der Waals surface area contributed by atoms with E-state index in [-0.39, 0.29) is 5.91 Å². The second-order valence-electron chi connectivity index (χ2n) is 8.22. The number of tetrazole rings is 1. The van der Waals surface area contributed by atoms with E-state index in [1.807, 2.05) is 0 Å². The molecule has 2 heterocycles. The topological polar surface area (TPSA) is 85.2 Å². The molecular formula is C23H27ClN6O2. The van der Waals surface area contributed by atoms with E-state index in [9.17, 15) is 4.79 Å². The summed E-state index contributed by atoms with van der Waals surface area (Å²) in [6, 6.07) is 11.6. The van der Waals surface area contributed by atoms with Crippen LogP contribution in [0.2, 0.25) is 5.02 Å². The standard InChI is InChI=1S/C23H27ClN6O2/c1-16-7-9-29(10-8-16)14-18-5-3-17(4-6-18)13-25-23(31)19-11-20(24)21(12-22(19)32-2)30-15-26-27-28-30/h3-6,11-12,15-16H,7-10,13-14H2,1-2H3,(H,25,31). The number of carbonyl (C=O) groups is 1. The van der Waals surface area contributed by atoms with Gasteiger partial charge in [-0.05, 0) is 59.5 Å². The first-order valence-corrected chi connectivity index (χ1v) is 11.1. The number of piperidine rings is 1. The summed E-state index contributed by atoms with van der Waals surface area (Å²) in [5.41, 5.74) is 3.21. The second-order valence-corrected chi connectivity index (χ2v) is 8.62. The number of nitrogens with one attached hydrogen (secondary N) is 1. The number of rotatable bonds is 7. The summed E-state index contributed by atoms with van der Waals surface area (Å²) in [6.45, 7) is 6.04. The number of methoxy groups -OCH3 is 1. The van der Waals surface area contributed by atoms with Crippen molar-refractivity contribution in [2.75, 3.05) is 20.2 Å². The molecule has 168 valence electrons. The van der Waals surface area contributed by atoms with Crippen LogP contribution in [-0.2, 0) is 13.1 Å². The molecule has 8 nitrogen and oxygen atoms in total. The lowest BCUT2D eigenvalue weighted by Gasteiger charge is -2.30. The molecule has 1 N–H and O–H groups in total. The first kappa shape index (κ1) is 22.2. The first-order chi connectivity index (χ1) is 15.5. The Kier molecular flexibility index (Phi) is 7.02. The lowest BCUT2D eigenvalue weighted by Crippen LogP contribution is -2.32. The van der Waals surface area contributed by atoms with E-state index in [0.717, 1.165) is 31.1 Å². The molecule has 2 aromatic carbocycles. The van der Waals surface area contributed by atoms with Crippen molar-refractivity contribution in [3.63, 3.8) is 0 Å². The van der Waals surface area contributed by atoms with Crippen LogP contribution in [0.4, 0.5) is 0 Å². The highest BCUT2D eigenvalue weighted by Crippen LogP contribution is 2.29. The SMILES string of the molecule is COc1cc(-n2cnnn2)c(Cl)cc1C(=O)NCc1ccc(CN2CCC(C)CC2)cc1. The third kappa shape index (κ3) is 5.26. The molecular weight excluding hydrogens is 428 g/mol. The Bertz CT molecular complexity index is 1050. The van der Waals surface area contributed by atoms with Gasteiger partial charge in [0.2, 0.25) is 0 Å². The molecule has 0 saturated carbocycles. The second kappa shape index (κ2) is 10.1. The summed E-state index contributed by atoms with van der Waals surface area (Å²) >= 11 is 6.36. The molecule has 0 spiro atoms. The first-order valence-electron chi connectivity index (χ1n) is 10.7. The molecule has 32 heavy (non-hydrogen) atoms. The van der Waals surface area contributed by atoms with Crippen LogP contribution >= 0.6 is 11.6 Å². The zero-order valence-corrected chi connectivity index (χ0v) is 19.0. The quantitative estimate of drug-likeness (QED) is 0.588. The van der Waals surface area contributed by atoms with Crippen molar-refractivity contribution < 1.29 is 9.53 Å². The molecule has 0 aliphatic carbocycles. The molecule has 0 atom stereocenters. The number of aromatic nitrogens is 4. The van der Waals surface area contributed by atoms with Crippen molar-refractivity contribution in [1.29, 1.82) is 0 Å². The lowest BCUT2D eigenvalue weighted by atomic mass is 9.99. The van der Waals surface area contributed by atoms with Crippen LogP contribution in [0.3, 0.4) is 0 Å². The average molecular weight is 455 g/mol. The summed E-state index contributed by atoms with van der Waals surface area (Å²) in [4.78, 5) is 15.3. The van der Waals surface area contributed by atoms with Crippen molar-refractivity contribution in [3.8, 4) is 11.4 Å². The maximum Gasteiger partial charge on any atom is 0.255 e. The van der Waals surface area contributed by atoms with E-state index in [2.05, 4.69) is 56.9 Å². The monoisotopic (exact) mass is 454 g/mol. The van der Waals surface area contributed by atoms with Gasteiger partial charge in [-0.25, -0.2) is 0 Å². The fraction of sp³-hybridized carbons (Fsp3) is 0.391. The third-order valence-corrected chi connectivity index (χ3v) is 6.17. The van der Waals surface area contributed by atoms with Crippen LogP contribution < -0.4 is 10.1 Å². The van der Waals surface area contributed by atoms with Gasteiger partial charge >= 0.3 is 0 Å². The number of ether oxygens (including phenoxy) is 1. The minimum atomic E-state index is -0.265. The van der Waals surface area contributed by atoms with Crippen molar-refractivity contribution in [1.82, 2.24) is 30.4 Å². The van der Waals surface area contributed by atoms with Crippen LogP contribution in [0, 0.1) is 5.92 Å². The molecule has 1 saturated heterocycles. The highest BCUT2D eigenvalue weighted by Gasteiger charge is 2.18.